The molecule has 0 fully saturated rings. The molecule has 15 heavy (non-hydrogen) atoms. The lowest BCUT2D eigenvalue weighted by Crippen LogP contribution is -2.22. The van der Waals surface area contributed by atoms with E-state index in [1.807, 2.05) is 24.3 Å². The Kier molecular flexibility index (Phi) is 2.51. The highest BCUT2D eigenvalue weighted by molar-refractivity contribution is 7.71. The second kappa shape index (κ2) is 3.82. The number of hydrogen-bond donors (Lipinski definition) is 1. The van der Waals surface area contributed by atoms with Gasteiger partial charge in [0.1, 0.15) is 4.64 Å². The lowest BCUT2D eigenvalue weighted by Gasteiger charge is -2.04. The third-order valence-corrected chi connectivity index (χ3v) is 2.64. The summed E-state index contributed by atoms with van der Waals surface area (Å²) in [5, 5.41) is 0.883. The number of benzene rings is 1. The zero-order valence-electron chi connectivity index (χ0n) is 8.06. The average Bonchev–Trinajstić information content (AvgIpc) is 2.24. The van der Waals surface area contributed by atoms with Crippen molar-refractivity contribution < 1.29 is 0 Å². The molecule has 0 radical (unpaired) electrons. The molecule has 0 unspecified atom stereocenters. The van der Waals surface area contributed by atoms with Gasteiger partial charge >= 0.3 is 5.69 Å². The summed E-state index contributed by atoms with van der Waals surface area (Å²) < 4.78 is 2.04. The van der Waals surface area contributed by atoms with Crippen LogP contribution in [0.2, 0.25) is 0 Å². The fourth-order valence-electron chi connectivity index (χ4n) is 1.49. The van der Waals surface area contributed by atoms with Gasteiger partial charge in [0.25, 0.3) is 0 Å². The second-order valence-corrected chi connectivity index (χ2v) is 3.57. The minimum Gasteiger partial charge on any atom is -0.307 e. The van der Waals surface area contributed by atoms with Crippen LogP contribution in [0.15, 0.2) is 41.7 Å². The van der Waals surface area contributed by atoms with Gasteiger partial charge in [0.05, 0.1) is 5.52 Å². The smallest absolute Gasteiger partial charge is 0.307 e. The molecular formula is C11H10N2OS. The van der Waals surface area contributed by atoms with Gasteiger partial charge in [-0.3, -0.25) is 4.57 Å². The van der Waals surface area contributed by atoms with Crippen molar-refractivity contribution in [1.29, 1.82) is 0 Å². The fourth-order valence-corrected chi connectivity index (χ4v) is 1.83. The molecule has 0 aliphatic rings. The van der Waals surface area contributed by atoms with Crippen LogP contribution in [0.1, 0.15) is 0 Å². The van der Waals surface area contributed by atoms with Crippen LogP contribution < -0.4 is 5.69 Å². The van der Waals surface area contributed by atoms with E-state index in [9.17, 15) is 4.79 Å². The Bertz CT molecular complexity index is 624. The summed E-state index contributed by atoms with van der Waals surface area (Å²) in [6.07, 6.45) is 1.65. The van der Waals surface area contributed by atoms with Crippen LogP contribution in [-0.4, -0.2) is 9.55 Å². The molecule has 0 saturated heterocycles. The van der Waals surface area contributed by atoms with E-state index in [2.05, 4.69) is 11.6 Å². The number of aromatic amines is 1. The third kappa shape index (κ3) is 1.64. The number of fused-ring (bicyclic) bond motifs is 1. The number of H-pyrrole nitrogens is 1. The van der Waals surface area contributed by atoms with Crippen molar-refractivity contribution in [2.75, 3.05) is 0 Å². The van der Waals surface area contributed by atoms with Gasteiger partial charge in [0.15, 0.2) is 0 Å². The number of nitrogens with zero attached hydrogens (tertiary/aromatic N) is 1. The molecule has 1 heterocycles. The third-order valence-electron chi connectivity index (χ3n) is 2.20. The second-order valence-electron chi connectivity index (χ2n) is 3.18. The molecule has 3 nitrogen and oxygen atoms in total. The van der Waals surface area contributed by atoms with Gasteiger partial charge in [-0.25, -0.2) is 4.79 Å². The van der Waals surface area contributed by atoms with Gasteiger partial charge in [-0.15, -0.1) is 6.58 Å². The molecule has 0 atom stereocenters. The topological polar surface area (TPSA) is 37.8 Å². The van der Waals surface area contributed by atoms with Gasteiger partial charge in [0.2, 0.25) is 0 Å². The number of aromatic nitrogens is 2. The molecule has 0 spiro atoms. The lowest BCUT2D eigenvalue weighted by atomic mass is 10.2. The predicted octanol–water partition coefficient (Wildman–Crippen LogP) is 2.25. The molecule has 1 aromatic heterocycles. The summed E-state index contributed by atoms with van der Waals surface area (Å²) in [4.78, 5) is 14.4. The normalized spacial score (nSPS) is 10.4. The molecule has 0 aliphatic heterocycles. The van der Waals surface area contributed by atoms with Crippen LogP contribution in [0.25, 0.3) is 10.9 Å². The maximum absolute atomic E-state index is 11.6. The summed E-state index contributed by atoms with van der Waals surface area (Å²) in [7, 11) is 0. The van der Waals surface area contributed by atoms with E-state index < -0.39 is 0 Å². The molecule has 2 rings (SSSR count). The van der Waals surface area contributed by atoms with E-state index in [0.717, 1.165) is 10.9 Å². The summed E-state index contributed by atoms with van der Waals surface area (Å²) in [5.41, 5.74) is 0.575. The first kappa shape index (κ1) is 9.86. The molecule has 1 aromatic carbocycles. The van der Waals surface area contributed by atoms with Crippen LogP contribution in [0.5, 0.6) is 0 Å². The minimum atomic E-state index is -0.196. The first-order valence-electron chi connectivity index (χ1n) is 4.57. The van der Waals surface area contributed by atoms with Crippen LogP contribution >= 0.6 is 12.2 Å². The van der Waals surface area contributed by atoms with Gasteiger partial charge in [-0.1, -0.05) is 30.4 Å². The van der Waals surface area contributed by atoms with E-state index in [1.165, 1.54) is 4.57 Å². The Morgan fingerprint density at radius 2 is 2.20 bits per heavy atom. The molecule has 4 heteroatoms. The highest BCUT2D eigenvalue weighted by Crippen LogP contribution is 2.10. The van der Waals surface area contributed by atoms with Crippen LogP contribution in [0, 0.1) is 4.64 Å². The van der Waals surface area contributed by atoms with E-state index in [1.54, 1.807) is 6.08 Å². The largest absolute Gasteiger partial charge is 0.327 e. The minimum absolute atomic E-state index is 0.196. The van der Waals surface area contributed by atoms with E-state index in [-0.39, 0.29) is 5.69 Å². The molecule has 0 amide bonds. The number of hydrogen-bond acceptors (Lipinski definition) is 2. The van der Waals surface area contributed by atoms with Gasteiger partial charge in [0, 0.05) is 11.9 Å². The summed E-state index contributed by atoms with van der Waals surface area (Å²) in [5.74, 6) is 0. The Balaban J connectivity index is 2.90. The van der Waals surface area contributed by atoms with Crippen molar-refractivity contribution in [3.63, 3.8) is 0 Å². The first-order chi connectivity index (χ1) is 7.24. The SMILES string of the molecule is C=CCn1c(=O)[nH]c2ccccc2c1=S. The Hall–Kier alpha value is -1.68. The van der Waals surface area contributed by atoms with Crippen molar-refractivity contribution in [1.82, 2.24) is 9.55 Å². The first-order valence-corrected chi connectivity index (χ1v) is 4.97. The van der Waals surface area contributed by atoms with Crippen LogP contribution in [-0.2, 0) is 6.54 Å². The lowest BCUT2D eigenvalue weighted by molar-refractivity contribution is 0.746. The van der Waals surface area contributed by atoms with Crippen molar-refractivity contribution in [3.05, 3.63) is 52.0 Å². The molecular weight excluding hydrogens is 208 g/mol. The Labute approximate surface area is 91.7 Å². The van der Waals surface area contributed by atoms with E-state index in [4.69, 9.17) is 12.2 Å². The highest BCUT2D eigenvalue weighted by atomic mass is 32.1. The molecule has 0 saturated carbocycles. The predicted molar refractivity (Wildman–Crippen MR) is 63.6 cm³/mol. The van der Waals surface area contributed by atoms with Crippen molar-refractivity contribution in [2.24, 2.45) is 0 Å². The number of para-hydroxylation sites is 1. The van der Waals surface area contributed by atoms with Crippen molar-refractivity contribution in [2.45, 2.75) is 6.54 Å². The molecule has 0 aliphatic carbocycles. The average molecular weight is 218 g/mol. The molecule has 76 valence electrons. The van der Waals surface area contributed by atoms with Gasteiger partial charge < -0.3 is 4.98 Å². The fraction of sp³-hybridized carbons (Fsp3) is 0.0909. The standard InChI is InChI=1S/C11H10N2OS/c1-2-7-13-10(15)8-5-3-4-6-9(8)12-11(13)14/h2-6H,1,7H2,(H,12,14). The maximum atomic E-state index is 11.6. The molecule has 0 bridgehead atoms. The van der Waals surface area contributed by atoms with Crippen LogP contribution in [0.3, 0.4) is 0 Å². The molecule has 1 N–H and O–H groups in total. The van der Waals surface area contributed by atoms with Crippen molar-refractivity contribution >= 4 is 23.1 Å². The zero-order chi connectivity index (χ0) is 10.8. The summed E-state index contributed by atoms with van der Waals surface area (Å²) in [6.45, 7) is 4.03. The van der Waals surface area contributed by atoms with Gasteiger partial charge in [-0.2, -0.15) is 0 Å². The summed E-state index contributed by atoms with van der Waals surface area (Å²) in [6, 6.07) is 7.50. The van der Waals surface area contributed by atoms with Gasteiger partial charge in [-0.05, 0) is 12.1 Å². The van der Waals surface area contributed by atoms with Crippen LogP contribution in [0.4, 0.5) is 0 Å². The number of rotatable bonds is 2. The van der Waals surface area contributed by atoms with Crippen molar-refractivity contribution in [3.8, 4) is 0 Å². The number of allylic oxidation sites excluding steroid dienone is 1. The highest BCUT2D eigenvalue weighted by Gasteiger charge is 2.01. The Morgan fingerprint density at radius 3 is 2.93 bits per heavy atom. The summed E-state index contributed by atoms with van der Waals surface area (Å²) >= 11 is 5.24. The monoisotopic (exact) mass is 218 g/mol. The Morgan fingerprint density at radius 1 is 1.47 bits per heavy atom. The quantitative estimate of drug-likeness (QED) is 0.620. The van der Waals surface area contributed by atoms with E-state index in [0.29, 0.717) is 11.2 Å². The molecule has 2 aromatic rings. The van der Waals surface area contributed by atoms with E-state index >= 15 is 0 Å². The number of nitrogens with one attached hydrogen (secondary N) is 1. The maximum Gasteiger partial charge on any atom is 0.327 e. The zero-order valence-corrected chi connectivity index (χ0v) is 8.88.